The summed E-state index contributed by atoms with van der Waals surface area (Å²) >= 11 is 0. The summed E-state index contributed by atoms with van der Waals surface area (Å²) in [6, 6.07) is 16.2. The van der Waals surface area contributed by atoms with Crippen molar-refractivity contribution in [2.45, 2.75) is 13.3 Å². The molecule has 0 aliphatic carbocycles. The Bertz CT molecular complexity index is 1070. The Kier molecular flexibility index (Phi) is 4.72. The van der Waals surface area contributed by atoms with E-state index in [1.165, 1.54) is 0 Å². The molecule has 5 nitrogen and oxygen atoms in total. The second-order valence-electron chi connectivity index (χ2n) is 6.48. The SMILES string of the molecule is Cc1cc(OC(=O)Cc2ccccc2)cc2c1C(=O)/C(=C/c1cccnc1)O2. The minimum Gasteiger partial charge on any atom is -0.452 e. The van der Waals surface area contributed by atoms with Crippen LogP contribution in [0, 0.1) is 6.92 Å². The molecule has 138 valence electrons. The normalized spacial score (nSPS) is 13.9. The van der Waals surface area contributed by atoms with Gasteiger partial charge >= 0.3 is 5.97 Å². The van der Waals surface area contributed by atoms with E-state index in [1.807, 2.05) is 36.4 Å². The molecule has 2 heterocycles. The van der Waals surface area contributed by atoms with Crippen LogP contribution in [0.25, 0.3) is 6.08 Å². The van der Waals surface area contributed by atoms with Gasteiger partial charge < -0.3 is 9.47 Å². The summed E-state index contributed by atoms with van der Waals surface area (Å²) < 4.78 is 11.2. The summed E-state index contributed by atoms with van der Waals surface area (Å²) in [4.78, 5) is 28.9. The highest BCUT2D eigenvalue weighted by atomic mass is 16.5. The zero-order chi connectivity index (χ0) is 19.5. The van der Waals surface area contributed by atoms with E-state index >= 15 is 0 Å². The molecule has 1 aliphatic heterocycles. The third kappa shape index (κ3) is 3.69. The van der Waals surface area contributed by atoms with E-state index in [0.717, 1.165) is 11.1 Å². The largest absolute Gasteiger partial charge is 0.452 e. The van der Waals surface area contributed by atoms with Crippen LogP contribution in [-0.4, -0.2) is 16.7 Å². The third-order valence-corrected chi connectivity index (χ3v) is 4.35. The average Bonchev–Trinajstić information content (AvgIpc) is 2.99. The van der Waals surface area contributed by atoms with Crippen molar-refractivity contribution < 1.29 is 19.1 Å². The highest BCUT2D eigenvalue weighted by Gasteiger charge is 2.30. The number of allylic oxidation sites excluding steroid dienone is 1. The number of ether oxygens (including phenoxy) is 2. The maximum absolute atomic E-state index is 12.7. The molecule has 0 fully saturated rings. The fourth-order valence-electron chi connectivity index (χ4n) is 3.08. The van der Waals surface area contributed by atoms with Gasteiger partial charge in [-0.2, -0.15) is 0 Å². The smallest absolute Gasteiger partial charge is 0.315 e. The lowest BCUT2D eigenvalue weighted by Gasteiger charge is -2.08. The number of hydrogen-bond donors (Lipinski definition) is 0. The highest BCUT2D eigenvalue weighted by molar-refractivity contribution is 6.15. The van der Waals surface area contributed by atoms with Crippen molar-refractivity contribution in [3.8, 4) is 11.5 Å². The summed E-state index contributed by atoms with van der Waals surface area (Å²) in [7, 11) is 0. The van der Waals surface area contributed by atoms with Gasteiger partial charge in [0.2, 0.25) is 5.78 Å². The number of carbonyl (C=O) groups excluding carboxylic acids is 2. The van der Waals surface area contributed by atoms with Gasteiger partial charge in [-0.3, -0.25) is 14.6 Å². The van der Waals surface area contributed by atoms with Crippen LogP contribution in [0.3, 0.4) is 0 Å². The molecular formula is C23H17NO4. The number of pyridine rings is 1. The maximum atomic E-state index is 12.7. The van der Waals surface area contributed by atoms with Gasteiger partial charge in [0.1, 0.15) is 11.5 Å². The van der Waals surface area contributed by atoms with Gasteiger partial charge in [0.25, 0.3) is 0 Å². The molecule has 0 spiro atoms. The lowest BCUT2D eigenvalue weighted by atomic mass is 10.0. The first-order valence-electron chi connectivity index (χ1n) is 8.84. The van der Waals surface area contributed by atoms with Crippen LogP contribution in [-0.2, 0) is 11.2 Å². The highest BCUT2D eigenvalue weighted by Crippen LogP contribution is 2.37. The van der Waals surface area contributed by atoms with Gasteiger partial charge in [0.05, 0.1) is 12.0 Å². The summed E-state index contributed by atoms with van der Waals surface area (Å²) in [6.45, 7) is 1.79. The first-order valence-corrected chi connectivity index (χ1v) is 8.84. The molecule has 0 bridgehead atoms. The van der Waals surface area contributed by atoms with Gasteiger partial charge in [-0.05, 0) is 41.8 Å². The molecule has 0 unspecified atom stereocenters. The second kappa shape index (κ2) is 7.48. The molecule has 1 aromatic heterocycles. The molecule has 3 aromatic rings. The molecule has 0 N–H and O–H groups in total. The number of fused-ring (bicyclic) bond motifs is 1. The molecule has 0 saturated heterocycles. The monoisotopic (exact) mass is 371 g/mol. The van der Waals surface area contributed by atoms with Crippen LogP contribution < -0.4 is 9.47 Å². The molecule has 0 saturated carbocycles. The third-order valence-electron chi connectivity index (χ3n) is 4.35. The zero-order valence-electron chi connectivity index (χ0n) is 15.2. The maximum Gasteiger partial charge on any atom is 0.315 e. The Morgan fingerprint density at radius 3 is 2.71 bits per heavy atom. The molecule has 0 radical (unpaired) electrons. The van der Waals surface area contributed by atoms with Crippen LogP contribution in [0.5, 0.6) is 11.5 Å². The van der Waals surface area contributed by atoms with Crippen molar-refractivity contribution in [3.05, 3.63) is 95.0 Å². The number of ketones is 1. The van der Waals surface area contributed by atoms with Crippen molar-refractivity contribution in [1.82, 2.24) is 4.98 Å². The van der Waals surface area contributed by atoms with Crippen molar-refractivity contribution in [2.24, 2.45) is 0 Å². The predicted octanol–water partition coefficient (Wildman–Crippen LogP) is 4.15. The van der Waals surface area contributed by atoms with Gasteiger partial charge in [0.15, 0.2) is 5.76 Å². The predicted molar refractivity (Wildman–Crippen MR) is 104 cm³/mol. The summed E-state index contributed by atoms with van der Waals surface area (Å²) in [5.41, 5.74) is 2.82. The van der Waals surface area contributed by atoms with Gasteiger partial charge in [-0.1, -0.05) is 36.4 Å². The standard InChI is InChI=1S/C23H17NO4/c1-15-10-18(27-21(25)12-16-6-3-2-4-7-16)13-19-22(15)23(26)20(28-19)11-17-8-5-9-24-14-17/h2-11,13-14H,12H2,1H3/b20-11-. The van der Waals surface area contributed by atoms with Crippen molar-refractivity contribution in [2.75, 3.05) is 0 Å². The Morgan fingerprint density at radius 1 is 1.14 bits per heavy atom. The molecule has 2 aromatic carbocycles. The molecule has 1 aliphatic rings. The molecule has 0 amide bonds. The molecule has 4 rings (SSSR count). The lowest BCUT2D eigenvalue weighted by Crippen LogP contribution is -2.11. The number of Topliss-reactive ketones (excluding diaryl/α,β-unsaturated/α-hetero) is 1. The van der Waals surface area contributed by atoms with E-state index in [2.05, 4.69) is 4.98 Å². The summed E-state index contributed by atoms with van der Waals surface area (Å²) in [6.07, 6.45) is 5.13. The zero-order valence-corrected chi connectivity index (χ0v) is 15.2. The van der Waals surface area contributed by atoms with Gasteiger partial charge in [0, 0.05) is 18.5 Å². The van der Waals surface area contributed by atoms with Crippen molar-refractivity contribution in [3.63, 3.8) is 0 Å². The lowest BCUT2D eigenvalue weighted by molar-refractivity contribution is -0.133. The van der Waals surface area contributed by atoms with E-state index in [-0.39, 0.29) is 23.9 Å². The quantitative estimate of drug-likeness (QED) is 0.391. The molecule has 5 heteroatoms. The van der Waals surface area contributed by atoms with E-state index < -0.39 is 0 Å². The molecule has 28 heavy (non-hydrogen) atoms. The van der Waals surface area contributed by atoms with Crippen molar-refractivity contribution >= 4 is 17.8 Å². The second-order valence-corrected chi connectivity index (χ2v) is 6.48. The number of aromatic nitrogens is 1. The van der Waals surface area contributed by atoms with Crippen LogP contribution in [0.1, 0.15) is 27.0 Å². The number of esters is 1. The fraction of sp³-hybridized carbons (Fsp3) is 0.0870. The molecular weight excluding hydrogens is 354 g/mol. The average molecular weight is 371 g/mol. The van der Waals surface area contributed by atoms with Crippen LogP contribution in [0.15, 0.2) is 72.8 Å². The summed E-state index contributed by atoms with van der Waals surface area (Å²) in [5, 5.41) is 0. The van der Waals surface area contributed by atoms with Gasteiger partial charge in [-0.15, -0.1) is 0 Å². The van der Waals surface area contributed by atoms with Crippen LogP contribution in [0.2, 0.25) is 0 Å². The topological polar surface area (TPSA) is 65.5 Å². The summed E-state index contributed by atoms with van der Waals surface area (Å²) in [5.74, 6) is 0.397. The van der Waals surface area contributed by atoms with E-state index in [1.54, 1.807) is 43.6 Å². The van der Waals surface area contributed by atoms with Crippen LogP contribution >= 0.6 is 0 Å². The number of nitrogens with zero attached hydrogens (tertiary/aromatic N) is 1. The minimum absolute atomic E-state index is 0.170. The Morgan fingerprint density at radius 2 is 1.96 bits per heavy atom. The van der Waals surface area contributed by atoms with E-state index in [9.17, 15) is 9.59 Å². The Labute approximate surface area is 162 Å². The Balaban J connectivity index is 1.55. The van der Waals surface area contributed by atoms with E-state index in [4.69, 9.17) is 9.47 Å². The minimum atomic E-state index is -0.374. The number of carbonyl (C=O) groups is 2. The van der Waals surface area contributed by atoms with Gasteiger partial charge in [-0.25, -0.2) is 0 Å². The molecule has 0 atom stereocenters. The number of hydrogen-bond acceptors (Lipinski definition) is 5. The Hall–Kier alpha value is -3.73. The van der Waals surface area contributed by atoms with Crippen LogP contribution in [0.4, 0.5) is 0 Å². The van der Waals surface area contributed by atoms with Crippen molar-refractivity contribution in [1.29, 1.82) is 0 Å². The first-order chi connectivity index (χ1) is 13.6. The fourth-order valence-corrected chi connectivity index (χ4v) is 3.08. The number of benzene rings is 2. The van der Waals surface area contributed by atoms with E-state index in [0.29, 0.717) is 22.6 Å². The number of aryl methyl sites for hydroxylation is 1. The first kappa shape index (κ1) is 17.7. The number of rotatable bonds is 4.